The zero-order valence-electron chi connectivity index (χ0n) is 18.7. The van der Waals surface area contributed by atoms with Crippen LogP contribution in [0.2, 0.25) is 0 Å². The molecule has 0 bridgehead atoms. The Morgan fingerprint density at radius 1 is 1.15 bits per heavy atom. The van der Waals surface area contributed by atoms with E-state index in [1.165, 1.54) is 11.6 Å². The Labute approximate surface area is 192 Å². The lowest BCUT2D eigenvalue weighted by Crippen LogP contribution is -2.22. The molecule has 0 radical (unpaired) electrons. The number of fused-ring (bicyclic) bond motifs is 1. The van der Waals surface area contributed by atoms with Crippen LogP contribution in [0.4, 0.5) is 10.1 Å². The number of hydrogen-bond acceptors (Lipinski definition) is 5. The summed E-state index contributed by atoms with van der Waals surface area (Å²) in [5.41, 5.74) is 9.04. The van der Waals surface area contributed by atoms with Crippen LogP contribution in [0, 0.1) is 5.82 Å². The van der Waals surface area contributed by atoms with Crippen LogP contribution in [0.1, 0.15) is 36.4 Å². The summed E-state index contributed by atoms with van der Waals surface area (Å²) in [6.45, 7) is 3.65. The summed E-state index contributed by atoms with van der Waals surface area (Å²) in [4.78, 5) is 19.1. The average molecular weight is 448 g/mol. The van der Waals surface area contributed by atoms with Crippen molar-refractivity contribution in [1.29, 1.82) is 0 Å². The molecule has 1 aliphatic carbocycles. The molecule has 3 N–H and O–H groups in total. The highest BCUT2D eigenvalue weighted by Crippen LogP contribution is 2.38. The van der Waals surface area contributed by atoms with Gasteiger partial charge in [-0.25, -0.2) is 4.39 Å². The molecule has 6 nitrogen and oxygen atoms in total. The highest BCUT2D eigenvalue weighted by atomic mass is 19.1. The van der Waals surface area contributed by atoms with Gasteiger partial charge in [-0.3, -0.25) is 9.79 Å². The highest BCUT2D eigenvalue weighted by molar-refractivity contribution is 5.83. The Bertz CT molecular complexity index is 1220. The fraction of sp³-hybridized carbons (Fsp3) is 0.385. The fourth-order valence-electron chi connectivity index (χ4n) is 4.52. The Balaban J connectivity index is 1.28. The number of nitrogens with two attached hydrogens (primary N) is 1. The summed E-state index contributed by atoms with van der Waals surface area (Å²) < 4.78 is 17.1. The summed E-state index contributed by atoms with van der Waals surface area (Å²) in [5.74, 6) is -0.336. The summed E-state index contributed by atoms with van der Waals surface area (Å²) >= 11 is 0. The Kier molecular flexibility index (Phi) is 6.24. The third-order valence-electron chi connectivity index (χ3n) is 6.50. The van der Waals surface area contributed by atoms with Crippen LogP contribution in [0.15, 0.2) is 58.4 Å². The van der Waals surface area contributed by atoms with Crippen molar-refractivity contribution < 1.29 is 4.39 Å². The molecule has 1 aliphatic heterocycles. The quantitative estimate of drug-likeness (QED) is 0.411. The van der Waals surface area contributed by atoms with Gasteiger partial charge in [-0.05, 0) is 42.5 Å². The molecule has 3 aromatic rings. The maximum absolute atomic E-state index is 15.0. The molecular weight excluding hydrogens is 417 g/mol. The predicted octanol–water partition coefficient (Wildman–Crippen LogP) is 3.22. The van der Waals surface area contributed by atoms with E-state index in [-0.39, 0.29) is 17.3 Å². The highest BCUT2D eigenvalue weighted by Gasteiger charge is 2.27. The van der Waals surface area contributed by atoms with Gasteiger partial charge in [0.1, 0.15) is 5.82 Å². The zero-order valence-corrected chi connectivity index (χ0v) is 18.7. The van der Waals surface area contributed by atoms with Gasteiger partial charge >= 0.3 is 0 Å². The number of anilines is 1. The van der Waals surface area contributed by atoms with Crippen molar-refractivity contribution >= 4 is 22.8 Å². The Morgan fingerprint density at radius 3 is 2.73 bits per heavy atom. The number of benzene rings is 2. The molecule has 0 spiro atoms. The van der Waals surface area contributed by atoms with E-state index in [4.69, 9.17) is 10.7 Å². The van der Waals surface area contributed by atoms with Gasteiger partial charge in [0.15, 0.2) is 5.43 Å². The van der Waals surface area contributed by atoms with Gasteiger partial charge < -0.3 is 20.5 Å². The first-order chi connectivity index (χ1) is 16.1. The number of pyridine rings is 1. The molecule has 33 heavy (non-hydrogen) atoms. The van der Waals surface area contributed by atoms with Crippen LogP contribution >= 0.6 is 0 Å². The summed E-state index contributed by atoms with van der Waals surface area (Å²) in [5, 5.41) is 3.75. The minimum Gasteiger partial charge on any atom is -0.367 e. The van der Waals surface area contributed by atoms with E-state index in [1.807, 2.05) is 18.5 Å². The van der Waals surface area contributed by atoms with Gasteiger partial charge in [-0.15, -0.1) is 0 Å². The van der Waals surface area contributed by atoms with Crippen LogP contribution in [-0.2, 0) is 6.54 Å². The second-order valence-corrected chi connectivity index (χ2v) is 9.01. The maximum atomic E-state index is 15.0. The molecule has 0 amide bonds. The molecule has 1 aromatic heterocycles. The molecule has 2 fully saturated rings. The first-order valence-electron chi connectivity index (χ1n) is 11.7. The Hall–Kier alpha value is -3.03. The lowest BCUT2D eigenvalue weighted by molar-refractivity contribution is 0.623. The SMILES string of the molecule is NCCNCc1ccc(C=NC2CCN(c3cc4c(cc3F)c(=O)ccn4C3CC3)C2)cc1. The van der Waals surface area contributed by atoms with Crippen molar-refractivity contribution in [1.82, 2.24) is 9.88 Å². The zero-order chi connectivity index (χ0) is 22.8. The number of rotatable bonds is 8. The molecule has 172 valence electrons. The monoisotopic (exact) mass is 447 g/mol. The molecule has 1 saturated carbocycles. The first kappa shape index (κ1) is 21.8. The fourth-order valence-corrected chi connectivity index (χ4v) is 4.52. The number of halogens is 1. The van der Waals surface area contributed by atoms with Crippen molar-refractivity contribution in [2.75, 3.05) is 31.1 Å². The lowest BCUT2D eigenvalue weighted by Gasteiger charge is -2.20. The van der Waals surface area contributed by atoms with Crippen LogP contribution in [0.5, 0.6) is 0 Å². The average Bonchev–Trinajstić information content (AvgIpc) is 3.56. The van der Waals surface area contributed by atoms with Crippen LogP contribution < -0.4 is 21.4 Å². The van der Waals surface area contributed by atoms with Crippen LogP contribution in [0.3, 0.4) is 0 Å². The molecule has 5 rings (SSSR count). The van der Waals surface area contributed by atoms with E-state index in [0.717, 1.165) is 50.0 Å². The van der Waals surface area contributed by atoms with Crippen molar-refractivity contribution in [3.63, 3.8) is 0 Å². The molecule has 2 aliphatic rings. The summed E-state index contributed by atoms with van der Waals surface area (Å²) in [7, 11) is 0. The van der Waals surface area contributed by atoms with Crippen molar-refractivity contribution in [2.45, 2.75) is 37.9 Å². The van der Waals surface area contributed by atoms with Crippen LogP contribution in [0.25, 0.3) is 10.9 Å². The standard InChI is InChI=1S/C26H30FN5O/c27-23-13-22-24(32(21-5-6-21)12-8-26(22)33)14-25(23)31-11-7-20(17-31)30-16-19-3-1-18(2-4-19)15-29-10-9-28/h1-4,8,12-14,16,20-21,29H,5-7,9-11,15,17,28H2. The third-order valence-corrected chi connectivity index (χ3v) is 6.50. The van der Waals surface area contributed by atoms with E-state index in [2.05, 4.69) is 39.0 Å². The van der Waals surface area contributed by atoms with Gasteiger partial charge in [0.25, 0.3) is 0 Å². The lowest BCUT2D eigenvalue weighted by atomic mass is 10.1. The number of aromatic nitrogens is 1. The van der Waals surface area contributed by atoms with E-state index in [0.29, 0.717) is 30.2 Å². The van der Waals surface area contributed by atoms with Crippen molar-refractivity contribution in [3.05, 3.63) is 75.8 Å². The smallest absolute Gasteiger partial charge is 0.189 e. The van der Waals surface area contributed by atoms with E-state index >= 15 is 0 Å². The molecule has 7 heteroatoms. The van der Waals surface area contributed by atoms with Gasteiger partial charge in [0.2, 0.25) is 0 Å². The van der Waals surface area contributed by atoms with Gasteiger partial charge in [0.05, 0.1) is 17.2 Å². The number of aliphatic imine (C=N–C) groups is 1. The summed E-state index contributed by atoms with van der Waals surface area (Å²) in [6.07, 6.45) is 6.85. The van der Waals surface area contributed by atoms with Crippen molar-refractivity contribution in [3.8, 4) is 0 Å². The molecule has 2 heterocycles. The maximum Gasteiger partial charge on any atom is 0.189 e. The van der Waals surface area contributed by atoms with Gasteiger partial charge in [-0.1, -0.05) is 24.3 Å². The van der Waals surface area contributed by atoms with E-state index < -0.39 is 0 Å². The predicted molar refractivity (Wildman–Crippen MR) is 132 cm³/mol. The van der Waals surface area contributed by atoms with Gasteiger partial charge in [-0.2, -0.15) is 0 Å². The largest absolute Gasteiger partial charge is 0.367 e. The minimum absolute atomic E-state index is 0.118. The van der Waals surface area contributed by atoms with E-state index in [9.17, 15) is 9.18 Å². The topological polar surface area (TPSA) is 75.7 Å². The minimum atomic E-state index is -0.336. The Morgan fingerprint density at radius 2 is 1.97 bits per heavy atom. The third kappa shape index (κ3) is 4.84. The number of nitrogens with zero attached hydrogens (tertiary/aromatic N) is 3. The molecule has 2 aromatic carbocycles. The van der Waals surface area contributed by atoms with Crippen LogP contribution in [-0.4, -0.2) is 43.0 Å². The van der Waals surface area contributed by atoms with E-state index in [1.54, 1.807) is 6.07 Å². The summed E-state index contributed by atoms with van der Waals surface area (Å²) in [6, 6.07) is 13.7. The normalized spacial score (nSPS) is 18.6. The second kappa shape index (κ2) is 9.45. The number of hydrogen-bond donors (Lipinski definition) is 2. The second-order valence-electron chi connectivity index (χ2n) is 9.01. The van der Waals surface area contributed by atoms with Crippen molar-refractivity contribution in [2.24, 2.45) is 10.7 Å². The molecular formula is C26H30FN5O. The van der Waals surface area contributed by atoms with Gasteiger partial charge in [0, 0.05) is 62.6 Å². The molecule has 1 saturated heterocycles. The molecule has 1 unspecified atom stereocenters. The first-order valence-corrected chi connectivity index (χ1v) is 11.7. The number of nitrogens with one attached hydrogen (secondary N) is 1. The molecule has 1 atom stereocenters.